The predicted octanol–water partition coefficient (Wildman–Crippen LogP) is -0.0755. The van der Waals surface area contributed by atoms with Gasteiger partial charge in [0.15, 0.2) is 6.04 Å². The molecule has 2 N–H and O–H groups in total. The molecule has 0 aromatic rings. The maximum absolute atomic E-state index is 12.1. The van der Waals surface area contributed by atoms with Crippen molar-refractivity contribution in [3.05, 3.63) is 0 Å². The highest BCUT2D eigenvalue weighted by Crippen LogP contribution is 2.04. The van der Waals surface area contributed by atoms with Crippen LogP contribution in [-0.4, -0.2) is 55.6 Å². The fourth-order valence-corrected chi connectivity index (χ4v) is 1.59. The second-order valence-corrected chi connectivity index (χ2v) is 4.73. The number of carbonyl (C=O) groups is 3. The maximum atomic E-state index is 12.1. The van der Waals surface area contributed by atoms with Crippen LogP contribution in [0.3, 0.4) is 0 Å². The van der Waals surface area contributed by atoms with E-state index >= 15 is 0 Å². The van der Waals surface area contributed by atoms with Crippen molar-refractivity contribution in [2.24, 2.45) is 11.7 Å². The van der Waals surface area contributed by atoms with Gasteiger partial charge in [0.2, 0.25) is 0 Å². The first-order chi connectivity index (χ1) is 9.33. The molecule has 0 bridgehead atoms. The second-order valence-electron chi connectivity index (χ2n) is 4.73. The summed E-state index contributed by atoms with van der Waals surface area (Å²) in [6.07, 6.45) is 0.0600. The second kappa shape index (κ2) is 9.30. The van der Waals surface area contributed by atoms with E-state index in [4.69, 9.17) is 10.5 Å². The minimum atomic E-state index is -1.36. The van der Waals surface area contributed by atoms with E-state index in [0.29, 0.717) is 6.54 Å². The first-order valence-electron chi connectivity index (χ1n) is 6.61. The molecule has 0 saturated heterocycles. The molecular weight excluding hydrogens is 264 g/mol. The molecule has 7 heteroatoms. The third-order valence-electron chi connectivity index (χ3n) is 2.52. The van der Waals surface area contributed by atoms with Gasteiger partial charge in [0.05, 0.1) is 20.1 Å². The number of esters is 2. The van der Waals surface area contributed by atoms with E-state index in [1.165, 1.54) is 12.0 Å². The first-order valence-corrected chi connectivity index (χ1v) is 6.61. The van der Waals surface area contributed by atoms with Crippen molar-refractivity contribution in [1.82, 2.24) is 4.90 Å². The predicted molar refractivity (Wildman–Crippen MR) is 72.7 cm³/mol. The molecule has 0 radical (unpaired) electrons. The van der Waals surface area contributed by atoms with Crippen molar-refractivity contribution in [2.45, 2.75) is 33.2 Å². The van der Waals surface area contributed by atoms with Gasteiger partial charge in [-0.3, -0.25) is 9.59 Å². The van der Waals surface area contributed by atoms with Crippen molar-refractivity contribution < 1.29 is 23.9 Å². The molecule has 0 aliphatic rings. The topological polar surface area (TPSA) is 98.9 Å². The van der Waals surface area contributed by atoms with E-state index in [2.05, 4.69) is 4.74 Å². The number of amides is 1. The highest BCUT2D eigenvalue weighted by atomic mass is 16.5. The summed E-state index contributed by atoms with van der Waals surface area (Å²) in [6, 6.07) is -1.36. The van der Waals surface area contributed by atoms with Gasteiger partial charge >= 0.3 is 11.9 Å². The van der Waals surface area contributed by atoms with Crippen LogP contribution in [0, 0.1) is 5.92 Å². The van der Waals surface area contributed by atoms with Crippen molar-refractivity contribution in [2.75, 3.05) is 26.8 Å². The van der Waals surface area contributed by atoms with E-state index < -0.39 is 23.9 Å². The van der Waals surface area contributed by atoms with Crippen LogP contribution in [0.4, 0.5) is 0 Å². The highest BCUT2D eigenvalue weighted by molar-refractivity contribution is 6.01. The first kappa shape index (κ1) is 18.4. The molecule has 1 amide bonds. The van der Waals surface area contributed by atoms with Crippen LogP contribution in [0.15, 0.2) is 0 Å². The van der Waals surface area contributed by atoms with Crippen LogP contribution in [0.25, 0.3) is 0 Å². The van der Waals surface area contributed by atoms with Gasteiger partial charge in [0.25, 0.3) is 5.91 Å². The van der Waals surface area contributed by atoms with E-state index in [1.54, 1.807) is 6.92 Å². The van der Waals surface area contributed by atoms with Gasteiger partial charge in [0, 0.05) is 13.1 Å². The molecule has 0 aliphatic carbocycles. The Hall–Kier alpha value is -1.63. The fraction of sp³-hybridized carbons (Fsp3) is 0.769. The number of rotatable bonds is 8. The van der Waals surface area contributed by atoms with Crippen LogP contribution in [-0.2, 0) is 23.9 Å². The maximum Gasteiger partial charge on any atom is 0.332 e. The fourth-order valence-electron chi connectivity index (χ4n) is 1.59. The van der Waals surface area contributed by atoms with Gasteiger partial charge in [-0.2, -0.15) is 0 Å². The van der Waals surface area contributed by atoms with E-state index in [1.807, 2.05) is 13.8 Å². The third-order valence-corrected chi connectivity index (χ3v) is 2.52. The zero-order chi connectivity index (χ0) is 15.7. The zero-order valence-electron chi connectivity index (χ0n) is 12.5. The molecule has 116 valence electrons. The number of carbonyl (C=O) groups excluding carboxylic acids is 3. The standard InChI is InChI=1S/C13H24N2O5/c1-5-20-13(18)11(14)12(17)15(8-9(2)3)7-6-10(16)19-4/h9,11H,5-8,14H2,1-4H3. The van der Waals surface area contributed by atoms with Gasteiger partial charge in [0.1, 0.15) is 0 Å². The average molecular weight is 288 g/mol. The lowest BCUT2D eigenvalue weighted by atomic mass is 10.1. The Morgan fingerprint density at radius 2 is 1.85 bits per heavy atom. The number of hydrogen-bond donors (Lipinski definition) is 1. The molecular formula is C13H24N2O5. The largest absolute Gasteiger partial charge is 0.469 e. The molecule has 0 aromatic heterocycles. The van der Waals surface area contributed by atoms with Crippen molar-refractivity contribution in [1.29, 1.82) is 0 Å². The molecule has 0 heterocycles. The summed E-state index contributed by atoms with van der Waals surface area (Å²) in [5.74, 6) is -1.53. The average Bonchev–Trinajstić information content (AvgIpc) is 2.41. The summed E-state index contributed by atoms with van der Waals surface area (Å²) in [5.41, 5.74) is 5.58. The number of methoxy groups -OCH3 is 1. The molecule has 0 rings (SSSR count). The molecule has 0 spiro atoms. The SMILES string of the molecule is CCOC(=O)C(N)C(=O)N(CCC(=O)OC)CC(C)C. The lowest BCUT2D eigenvalue weighted by molar-refractivity contribution is -0.151. The Labute approximate surface area is 119 Å². The molecule has 1 atom stereocenters. The van der Waals surface area contributed by atoms with Crippen molar-refractivity contribution >= 4 is 17.8 Å². The molecule has 0 fully saturated rings. The Balaban J connectivity index is 4.70. The lowest BCUT2D eigenvalue weighted by Gasteiger charge is -2.26. The number of nitrogens with zero attached hydrogens (tertiary/aromatic N) is 1. The van der Waals surface area contributed by atoms with Gasteiger partial charge < -0.3 is 20.1 Å². The Bertz CT molecular complexity index is 344. The lowest BCUT2D eigenvalue weighted by Crippen LogP contribution is -2.50. The van der Waals surface area contributed by atoms with Crippen molar-refractivity contribution in [3.63, 3.8) is 0 Å². The summed E-state index contributed by atoms with van der Waals surface area (Å²) in [7, 11) is 1.28. The summed E-state index contributed by atoms with van der Waals surface area (Å²) < 4.78 is 9.26. The summed E-state index contributed by atoms with van der Waals surface area (Å²) in [4.78, 5) is 36.2. The van der Waals surface area contributed by atoms with E-state index in [9.17, 15) is 14.4 Å². The highest BCUT2D eigenvalue weighted by Gasteiger charge is 2.28. The van der Waals surface area contributed by atoms with Crippen LogP contribution in [0.2, 0.25) is 0 Å². The van der Waals surface area contributed by atoms with Crippen LogP contribution < -0.4 is 5.73 Å². The summed E-state index contributed by atoms with van der Waals surface area (Å²) in [5, 5.41) is 0. The molecule has 0 aromatic carbocycles. The minimum absolute atomic E-state index is 0.0600. The van der Waals surface area contributed by atoms with Gasteiger partial charge in [-0.25, -0.2) is 4.79 Å². The van der Waals surface area contributed by atoms with Crippen LogP contribution in [0.5, 0.6) is 0 Å². The Morgan fingerprint density at radius 3 is 2.30 bits per heavy atom. The van der Waals surface area contributed by atoms with Crippen LogP contribution in [0.1, 0.15) is 27.2 Å². The molecule has 20 heavy (non-hydrogen) atoms. The molecule has 0 aliphatic heterocycles. The number of ether oxygens (including phenoxy) is 2. The molecule has 1 unspecified atom stereocenters. The summed E-state index contributed by atoms with van der Waals surface area (Å²) >= 11 is 0. The van der Waals surface area contributed by atoms with Crippen LogP contribution >= 0.6 is 0 Å². The number of hydrogen-bond acceptors (Lipinski definition) is 6. The van der Waals surface area contributed by atoms with Gasteiger partial charge in [-0.15, -0.1) is 0 Å². The normalized spacial score (nSPS) is 11.9. The third kappa shape index (κ3) is 6.51. The summed E-state index contributed by atoms with van der Waals surface area (Å²) in [6.45, 7) is 6.22. The van der Waals surface area contributed by atoms with E-state index in [0.717, 1.165) is 0 Å². The number of nitrogens with two attached hydrogens (primary N) is 1. The Kier molecular flexibility index (Phi) is 8.54. The van der Waals surface area contributed by atoms with Gasteiger partial charge in [-0.1, -0.05) is 13.8 Å². The van der Waals surface area contributed by atoms with E-state index in [-0.39, 0.29) is 25.5 Å². The monoisotopic (exact) mass is 288 g/mol. The molecule has 0 saturated carbocycles. The Morgan fingerprint density at radius 1 is 1.25 bits per heavy atom. The van der Waals surface area contributed by atoms with Gasteiger partial charge in [-0.05, 0) is 12.8 Å². The molecule has 7 nitrogen and oxygen atoms in total. The zero-order valence-corrected chi connectivity index (χ0v) is 12.5. The minimum Gasteiger partial charge on any atom is -0.469 e. The smallest absolute Gasteiger partial charge is 0.332 e. The van der Waals surface area contributed by atoms with Crippen molar-refractivity contribution in [3.8, 4) is 0 Å². The quantitative estimate of drug-likeness (QED) is 0.495.